The Balaban J connectivity index is 1.27. The first kappa shape index (κ1) is 18.2. The molecule has 2 N–H and O–H groups in total. The van der Waals surface area contributed by atoms with Crippen molar-refractivity contribution in [1.82, 2.24) is 10.3 Å². The van der Waals surface area contributed by atoms with E-state index in [1.54, 1.807) is 0 Å². The molecule has 1 aliphatic rings. The molecule has 0 unspecified atom stereocenters. The van der Waals surface area contributed by atoms with Crippen LogP contribution in [0.3, 0.4) is 0 Å². The molecule has 0 spiro atoms. The average Bonchev–Trinajstić information content (AvgIpc) is 2.69. The van der Waals surface area contributed by atoms with E-state index in [1.165, 1.54) is 5.56 Å². The molecule has 0 saturated heterocycles. The molecule has 138 valence electrons. The quantitative estimate of drug-likeness (QED) is 0.679. The van der Waals surface area contributed by atoms with Gasteiger partial charge in [-0.3, -0.25) is 4.79 Å². The van der Waals surface area contributed by atoms with Gasteiger partial charge in [-0.25, -0.2) is 4.98 Å². The molecule has 0 aliphatic carbocycles. The molecule has 1 aliphatic heterocycles. The summed E-state index contributed by atoms with van der Waals surface area (Å²) in [6.45, 7) is 2.35. The van der Waals surface area contributed by atoms with E-state index >= 15 is 0 Å². The number of rotatable bonds is 9. The van der Waals surface area contributed by atoms with Gasteiger partial charge in [0.05, 0.1) is 6.61 Å². The number of carbonyl (C=O) groups excluding carboxylic acids is 1. The van der Waals surface area contributed by atoms with Gasteiger partial charge >= 0.3 is 0 Å². The maximum atomic E-state index is 12.0. The number of hydrogen-bond donors (Lipinski definition) is 2. The third-order valence-corrected chi connectivity index (χ3v) is 4.47. The number of hydrogen-bond acceptors (Lipinski definition) is 4. The van der Waals surface area contributed by atoms with Crippen LogP contribution in [0.15, 0.2) is 42.5 Å². The van der Waals surface area contributed by atoms with Crippen LogP contribution in [0, 0.1) is 0 Å². The van der Waals surface area contributed by atoms with Crippen molar-refractivity contribution in [3.05, 3.63) is 53.7 Å². The molecule has 2 heterocycles. The molecule has 3 rings (SSSR count). The summed E-state index contributed by atoms with van der Waals surface area (Å²) in [4.78, 5) is 16.6. The Labute approximate surface area is 155 Å². The molecule has 1 aromatic heterocycles. The van der Waals surface area contributed by atoms with Gasteiger partial charge in [0.25, 0.3) is 0 Å². The number of ether oxygens (including phenoxy) is 1. The van der Waals surface area contributed by atoms with Crippen LogP contribution < -0.4 is 15.4 Å². The van der Waals surface area contributed by atoms with Crippen molar-refractivity contribution in [3.63, 3.8) is 0 Å². The smallest absolute Gasteiger partial charge is 0.220 e. The Morgan fingerprint density at radius 2 is 2.04 bits per heavy atom. The highest BCUT2D eigenvalue weighted by Gasteiger charge is 2.11. The number of para-hydroxylation sites is 1. The number of fused-ring (bicyclic) bond motifs is 1. The normalized spacial score (nSPS) is 12.8. The van der Waals surface area contributed by atoms with Gasteiger partial charge in [-0.2, -0.15) is 0 Å². The number of pyridine rings is 1. The summed E-state index contributed by atoms with van der Waals surface area (Å²) >= 11 is 0. The lowest BCUT2D eigenvalue weighted by Crippen LogP contribution is -2.25. The number of nitrogens with zero attached hydrogens (tertiary/aromatic N) is 1. The molecule has 26 heavy (non-hydrogen) atoms. The third kappa shape index (κ3) is 5.76. The minimum Gasteiger partial charge on any atom is -0.494 e. The number of unbranched alkanes of at least 4 members (excludes halogenated alkanes) is 1. The van der Waals surface area contributed by atoms with Gasteiger partial charge in [-0.05, 0) is 55.9 Å². The minimum atomic E-state index is 0.0847. The minimum absolute atomic E-state index is 0.0847. The fraction of sp³-hybridized carbons (Fsp3) is 0.429. The van der Waals surface area contributed by atoms with Crippen molar-refractivity contribution in [2.45, 2.75) is 38.5 Å². The number of benzene rings is 1. The SMILES string of the molecule is O=C(CCc1ccc2c(n1)NCCC2)NCCCCOc1ccccc1. The maximum absolute atomic E-state index is 12.0. The second-order valence-corrected chi connectivity index (χ2v) is 6.56. The van der Waals surface area contributed by atoms with E-state index in [2.05, 4.69) is 21.7 Å². The van der Waals surface area contributed by atoms with Crippen molar-refractivity contribution < 1.29 is 9.53 Å². The molecular weight excluding hydrogens is 326 g/mol. The first-order valence-corrected chi connectivity index (χ1v) is 9.48. The molecule has 0 bridgehead atoms. The van der Waals surface area contributed by atoms with Gasteiger partial charge in [0.15, 0.2) is 0 Å². The number of anilines is 1. The number of aryl methyl sites for hydroxylation is 2. The Bertz CT molecular complexity index is 704. The Hall–Kier alpha value is -2.56. The zero-order valence-electron chi connectivity index (χ0n) is 15.2. The van der Waals surface area contributed by atoms with Crippen LogP contribution in [-0.4, -0.2) is 30.6 Å². The Morgan fingerprint density at radius 3 is 2.92 bits per heavy atom. The summed E-state index contributed by atoms with van der Waals surface area (Å²) in [5, 5.41) is 6.31. The predicted octanol–water partition coefficient (Wildman–Crippen LogP) is 3.35. The number of aromatic nitrogens is 1. The zero-order valence-corrected chi connectivity index (χ0v) is 15.2. The second-order valence-electron chi connectivity index (χ2n) is 6.56. The first-order chi connectivity index (χ1) is 12.8. The molecule has 0 saturated carbocycles. The summed E-state index contributed by atoms with van der Waals surface area (Å²) in [5.41, 5.74) is 2.26. The molecule has 2 aromatic rings. The molecule has 1 amide bonds. The van der Waals surface area contributed by atoms with Gasteiger partial charge < -0.3 is 15.4 Å². The Kier molecular flexibility index (Phi) is 6.88. The van der Waals surface area contributed by atoms with Gasteiger partial charge in [-0.15, -0.1) is 0 Å². The summed E-state index contributed by atoms with van der Waals surface area (Å²) < 4.78 is 5.64. The van der Waals surface area contributed by atoms with E-state index in [0.29, 0.717) is 26.0 Å². The van der Waals surface area contributed by atoms with E-state index in [9.17, 15) is 4.79 Å². The third-order valence-electron chi connectivity index (χ3n) is 4.47. The van der Waals surface area contributed by atoms with E-state index in [0.717, 1.165) is 49.5 Å². The van der Waals surface area contributed by atoms with E-state index in [4.69, 9.17) is 4.74 Å². The molecular formula is C21H27N3O2. The molecule has 5 nitrogen and oxygen atoms in total. The number of nitrogens with one attached hydrogen (secondary N) is 2. The highest BCUT2D eigenvalue weighted by molar-refractivity contribution is 5.76. The molecule has 0 fully saturated rings. The van der Waals surface area contributed by atoms with Crippen LogP contribution in [-0.2, 0) is 17.6 Å². The van der Waals surface area contributed by atoms with E-state index < -0.39 is 0 Å². The van der Waals surface area contributed by atoms with Gasteiger partial charge in [0, 0.05) is 25.2 Å². The lowest BCUT2D eigenvalue weighted by Gasteiger charge is -2.17. The van der Waals surface area contributed by atoms with Crippen molar-refractivity contribution in [2.75, 3.05) is 25.0 Å². The van der Waals surface area contributed by atoms with Crippen molar-refractivity contribution >= 4 is 11.7 Å². The highest BCUT2D eigenvalue weighted by Crippen LogP contribution is 2.20. The van der Waals surface area contributed by atoms with Gasteiger partial charge in [0.2, 0.25) is 5.91 Å². The van der Waals surface area contributed by atoms with Crippen LogP contribution in [0.1, 0.15) is 36.9 Å². The van der Waals surface area contributed by atoms with Crippen LogP contribution in [0.4, 0.5) is 5.82 Å². The largest absolute Gasteiger partial charge is 0.494 e. The summed E-state index contributed by atoms with van der Waals surface area (Å²) in [7, 11) is 0. The summed E-state index contributed by atoms with van der Waals surface area (Å²) in [5.74, 6) is 1.97. The van der Waals surface area contributed by atoms with E-state index in [-0.39, 0.29) is 5.91 Å². The van der Waals surface area contributed by atoms with Gasteiger partial charge in [0.1, 0.15) is 11.6 Å². The summed E-state index contributed by atoms with van der Waals surface area (Å²) in [6, 6.07) is 14.0. The maximum Gasteiger partial charge on any atom is 0.220 e. The molecule has 5 heteroatoms. The molecule has 0 radical (unpaired) electrons. The fourth-order valence-corrected chi connectivity index (χ4v) is 3.00. The van der Waals surface area contributed by atoms with Crippen molar-refractivity contribution in [1.29, 1.82) is 0 Å². The lowest BCUT2D eigenvalue weighted by molar-refractivity contribution is -0.121. The predicted molar refractivity (Wildman–Crippen MR) is 104 cm³/mol. The van der Waals surface area contributed by atoms with Crippen molar-refractivity contribution in [2.24, 2.45) is 0 Å². The topological polar surface area (TPSA) is 63.2 Å². The van der Waals surface area contributed by atoms with Crippen LogP contribution >= 0.6 is 0 Å². The average molecular weight is 353 g/mol. The van der Waals surface area contributed by atoms with Crippen LogP contribution in [0.2, 0.25) is 0 Å². The molecule has 1 aromatic carbocycles. The fourth-order valence-electron chi connectivity index (χ4n) is 3.00. The lowest BCUT2D eigenvalue weighted by atomic mass is 10.1. The number of carbonyl (C=O) groups is 1. The monoisotopic (exact) mass is 353 g/mol. The standard InChI is InChI=1S/C21H27N3O2/c25-20(22-14-4-5-16-26-19-8-2-1-3-9-19)13-12-18-11-10-17-7-6-15-23-21(17)24-18/h1-3,8-11H,4-7,12-16H2,(H,22,25)(H,23,24). The van der Waals surface area contributed by atoms with Crippen molar-refractivity contribution in [3.8, 4) is 5.75 Å². The van der Waals surface area contributed by atoms with E-state index in [1.807, 2.05) is 36.4 Å². The number of amides is 1. The van der Waals surface area contributed by atoms with Gasteiger partial charge in [-0.1, -0.05) is 24.3 Å². The highest BCUT2D eigenvalue weighted by atomic mass is 16.5. The zero-order chi connectivity index (χ0) is 18.0. The van der Waals surface area contributed by atoms with Crippen LogP contribution in [0.25, 0.3) is 0 Å². The Morgan fingerprint density at radius 1 is 1.15 bits per heavy atom. The first-order valence-electron chi connectivity index (χ1n) is 9.48. The summed E-state index contributed by atoms with van der Waals surface area (Å²) in [6.07, 6.45) is 5.24. The second kappa shape index (κ2) is 9.80. The molecule has 0 atom stereocenters. The van der Waals surface area contributed by atoms with Crippen LogP contribution in [0.5, 0.6) is 5.75 Å².